The molecule has 2 aromatic rings. The minimum Gasteiger partial charge on any atom is -0.508 e. The van der Waals surface area contributed by atoms with Crippen molar-refractivity contribution in [2.24, 2.45) is 0 Å². The molecular weight excluding hydrogens is 254 g/mol. The SMILES string of the molecule is Cc1ccc(C(=O)NCCCc2cn[nH]c2C)cc1O. The minimum absolute atomic E-state index is 0.145. The van der Waals surface area contributed by atoms with E-state index < -0.39 is 0 Å². The maximum atomic E-state index is 11.9. The van der Waals surface area contributed by atoms with Crippen LogP contribution in [0.1, 0.15) is 33.6 Å². The molecule has 2 rings (SSSR count). The van der Waals surface area contributed by atoms with Crippen molar-refractivity contribution in [3.63, 3.8) is 0 Å². The molecule has 1 aromatic carbocycles. The van der Waals surface area contributed by atoms with Crippen LogP contribution < -0.4 is 5.32 Å². The highest BCUT2D eigenvalue weighted by atomic mass is 16.3. The summed E-state index contributed by atoms with van der Waals surface area (Å²) in [6.45, 7) is 4.37. The van der Waals surface area contributed by atoms with Gasteiger partial charge in [-0.05, 0) is 49.9 Å². The molecule has 1 aromatic heterocycles. The summed E-state index contributed by atoms with van der Waals surface area (Å²) in [6, 6.07) is 4.94. The molecule has 0 spiro atoms. The predicted octanol–water partition coefficient (Wildman–Crippen LogP) is 2.09. The maximum Gasteiger partial charge on any atom is 0.251 e. The van der Waals surface area contributed by atoms with Crippen LogP contribution in [0.3, 0.4) is 0 Å². The molecular formula is C15H19N3O2. The molecule has 0 aliphatic heterocycles. The van der Waals surface area contributed by atoms with Crippen molar-refractivity contribution >= 4 is 5.91 Å². The highest BCUT2D eigenvalue weighted by Gasteiger charge is 2.07. The van der Waals surface area contributed by atoms with Crippen molar-refractivity contribution < 1.29 is 9.90 Å². The molecule has 0 unspecified atom stereocenters. The van der Waals surface area contributed by atoms with Crippen molar-refractivity contribution in [2.75, 3.05) is 6.54 Å². The number of amides is 1. The van der Waals surface area contributed by atoms with Gasteiger partial charge < -0.3 is 10.4 Å². The lowest BCUT2D eigenvalue weighted by Gasteiger charge is -2.06. The fourth-order valence-electron chi connectivity index (χ4n) is 1.96. The number of benzene rings is 1. The summed E-state index contributed by atoms with van der Waals surface area (Å²) in [5.41, 5.74) is 3.48. The zero-order chi connectivity index (χ0) is 14.5. The number of nitrogens with one attached hydrogen (secondary N) is 2. The van der Waals surface area contributed by atoms with Crippen molar-refractivity contribution in [3.8, 4) is 5.75 Å². The minimum atomic E-state index is -0.163. The largest absolute Gasteiger partial charge is 0.508 e. The fraction of sp³-hybridized carbons (Fsp3) is 0.333. The van der Waals surface area contributed by atoms with E-state index in [0.29, 0.717) is 12.1 Å². The first-order valence-corrected chi connectivity index (χ1v) is 6.64. The number of aryl methyl sites for hydroxylation is 3. The third kappa shape index (κ3) is 3.38. The van der Waals surface area contributed by atoms with Gasteiger partial charge in [-0.2, -0.15) is 5.10 Å². The normalized spacial score (nSPS) is 10.5. The van der Waals surface area contributed by atoms with E-state index in [4.69, 9.17) is 0 Å². The number of H-pyrrole nitrogens is 1. The highest BCUT2D eigenvalue weighted by Crippen LogP contribution is 2.17. The summed E-state index contributed by atoms with van der Waals surface area (Å²) < 4.78 is 0. The first-order valence-electron chi connectivity index (χ1n) is 6.64. The molecule has 0 radical (unpaired) electrons. The smallest absolute Gasteiger partial charge is 0.251 e. The summed E-state index contributed by atoms with van der Waals surface area (Å²) >= 11 is 0. The molecule has 0 atom stereocenters. The number of nitrogens with zero attached hydrogens (tertiary/aromatic N) is 1. The van der Waals surface area contributed by atoms with E-state index in [0.717, 1.165) is 24.1 Å². The number of hydrogen-bond acceptors (Lipinski definition) is 3. The summed E-state index contributed by atoms with van der Waals surface area (Å²) in [7, 11) is 0. The molecule has 1 amide bonds. The van der Waals surface area contributed by atoms with Crippen LogP contribution in [0.5, 0.6) is 5.75 Å². The Balaban J connectivity index is 1.80. The van der Waals surface area contributed by atoms with Crippen LogP contribution in [0.4, 0.5) is 0 Å². The van der Waals surface area contributed by atoms with Crippen LogP contribution in [0, 0.1) is 13.8 Å². The Hall–Kier alpha value is -2.30. The van der Waals surface area contributed by atoms with E-state index in [9.17, 15) is 9.90 Å². The number of phenolic OH excluding ortho intramolecular Hbond substituents is 1. The Kier molecular flexibility index (Phi) is 4.40. The number of aromatic hydroxyl groups is 1. The number of aromatic amines is 1. The summed E-state index contributed by atoms with van der Waals surface area (Å²) in [4.78, 5) is 11.9. The maximum absolute atomic E-state index is 11.9. The van der Waals surface area contributed by atoms with Crippen molar-refractivity contribution in [1.29, 1.82) is 0 Å². The van der Waals surface area contributed by atoms with E-state index >= 15 is 0 Å². The van der Waals surface area contributed by atoms with Gasteiger partial charge >= 0.3 is 0 Å². The van der Waals surface area contributed by atoms with Crippen molar-refractivity contribution in [2.45, 2.75) is 26.7 Å². The van der Waals surface area contributed by atoms with Gasteiger partial charge in [0.15, 0.2) is 0 Å². The summed E-state index contributed by atoms with van der Waals surface area (Å²) in [6.07, 6.45) is 3.54. The van der Waals surface area contributed by atoms with E-state index in [2.05, 4.69) is 15.5 Å². The molecule has 0 saturated carbocycles. The number of hydrogen-bond donors (Lipinski definition) is 3. The third-order valence-electron chi connectivity index (χ3n) is 3.31. The van der Waals surface area contributed by atoms with Gasteiger partial charge in [0.25, 0.3) is 5.91 Å². The third-order valence-corrected chi connectivity index (χ3v) is 3.31. The molecule has 5 nitrogen and oxygen atoms in total. The van der Waals surface area contributed by atoms with Gasteiger partial charge in [-0.3, -0.25) is 9.89 Å². The molecule has 106 valence electrons. The van der Waals surface area contributed by atoms with Gasteiger partial charge in [0.05, 0.1) is 6.20 Å². The molecule has 0 fully saturated rings. The van der Waals surface area contributed by atoms with Gasteiger partial charge in [-0.25, -0.2) is 0 Å². The highest BCUT2D eigenvalue weighted by molar-refractivity contribution is 5.94. The zero-order valence-corrected chi connectivity index (χ0v) is 11.7. The van der Waals surface area contributed by atoms with Crippen LogP contribution in [-0.4, -0.2) is 27.8 Å². The molecule has 0 aliphatic carbocycles. The van der Waals surface area contributed by atoms with Crippen molar-refractivity contribution in [3.05, 3.63) is 46.8 Å². The molecule has 3 N–H and O–H groups in total. The van der Waals surface area contributed by atoms with Gasteiger partial charge in [0, 0.05) is 17.8 Å². The molecule has 5 heteroatoms. The van der Waals surface area contributed by atoms with E-state index in [1.807, 2.05) is 13.1 Å². The van der Waals surface area contributed by atoms with Crippen LogP contribution >= 0.6 is 0 Å². The van der Waals surface area contributed by atoms with Crippen LogP contribution in [0.25, 0.3) is 0 Å². The van der Waals surface area contributed by atoms with E-state index in [-0.39, 0.29) is 11.7 Å². The number of carbonyl (C=O) groups excluding carboxylic acids is 1. The Morgan fingerprint density at radius 2 is 2.20 bits per heavy atom. The number of phenols is 1. The average molecular weight is 273 g/mol. The molecule has 1 heterocycles. The first kappa shape index (κ1) is 14.1. The monoisotopic (exact) mass is 273 g/mol. The lowest BCUT2D eigenvalue weighted by molar-refractivity contribution is 0.0953. The number of carbonyl (C=O) groups is 1. The summed E-state index contributed by atoms with van der Waals surface area (Å²) in [5.74, 6) is -0.0177. The zero-order valence-electron chi connectivity index (χ0n) is 11.7. The van der Waals surface area contributed by atoms with E-state index in [1.165, 1.54) is 11.6 Å². The van der Waals surface area contributed by atoms with Crippen LogP contribution in [-0.2, 0) is 6.42 Å². The fourth-order valence-corrected chi connectivity index (χ4v) is 1.96. The van der Waals surface area contributed by atoms with Gasteiger partial charge in [-0.1, -0.05) is 6.07 Å². The Morgan fingerprint density at radius 1 is 1.40 bits per heavy atom. The predicted molar refractivity (Wildman–Crippen MR) is 76.8 cm³/mol. The van der Waals surface area contributed by atoms with Crippen molar-refractivity contribution in [1.82, 2.24) is 15.5 Å². The second-order valence-corrected chi connectivity index (χ2v) is 4.88. The second kappa shape index (κ2) is 6.23. The quantitative estimate of drug-likeness (QED) is 0.730. The topological polar surface area (TPSA) is 78.0 Å². The molecule has 0 bridgehead atoms. The first-order chi connectivity index (χ1) is 9.58. The molecule has 0 saturated heterocycles. The Labute approximate surface area is 118 Å². The Morgan fingerprint density at radius 3 is 2.85 bits per heavy atom. The number of rotatable bonds is 5. The number of aromatic nitrogens is 2. The Bertz CT molecular complexity index is 605. The van der Waals surface area contributed by atoms with Crippen LogP contribution in [0.2, 0.25) is 0 Å². The van der Waals surface area contributed by atoms with Crippen LogP contribution in [0.15, 0.2) is 24.4 Å². The lowest BCUT2D eigenvalue weighted by Crippen LogP contribution is -2.24. The molecule has 0 aliphatic rings. The summed E-state index contributed by atoms with van der Waals surface area (Å²) in [5, 5.41) is 19.3. The average Bonchev–Trinajstić information content (AvgIpc) is 2.83. The second-order valence-electron chi connectivity index (χ2n) is 4.88. The standard InChI is InChI=1S/C15H19N3O2/c1-10-5-6-12(8-14(10)19)15(20)16-7-3-4-13-9-17-18-11(13)2/h5-6,8-9,19H,3-4,7H2,1-2H3,(H,16,20)(H,17,18). The van der Waals surface area contributed by atoms with Gasteiger partial charge in [0.1, 0.15) is 5.75 Å². The van der Waals surface area contributed by atoms with E-state index in [1.54, 1.807) is 19.1 Å². The van der Waals surface area contributed by atoms with Gasteiger partial charge in [-0.15, -0.1) is 0 Å². The van der Waals surface area contributed by atoms with Gasteiger partial charge in [0.2, 0.25) is 0 Å². The lowest BCUT2D eigenvalue weighted by atomic mass is 10.1. The molecule has 20 heavy (non-hydrogen) atoms.